The van der Waals surface area contributed by atoms with Gasteiger partial charge in [0.05, 0.1) is 5.41 Å². The molecule has 0 spiro atoms. The van der Waals surface area contributed by atoms with E-state index in [-0.39, 0.29) is 18.5 Å². The highest BCUT2D eigenvalue weighted by molar-refractivity contribution is 5.76. The van der Waals surface area contributed by atoms with Gasteiger partial charge in [-0.3, -0.25) is 9.69 Å². The molecule has 0 unspecified atom stereocenters. The summed E-state index contributed by atoms with van der Waals surface area (Å²) in [5.41, 5.74) is -0.162. The lowest BCUT2D eigenvalue weighted by Gasteiger charge is -2.24. The van der Waals surface area contributed by atoms with Crippen LogP contribution >= 0.6 is 0 Å². The summed E-state index contributed by atoms with van der Waals surface area (Å²) in [5, 5.41) is 9.67. The van der Waals surface area contributed by atoms with E-state index in [0.717, 1.165) is 12.8 Å². The van der Waals surface area contributed by atoms with Gasteiger partial charge in [-0.15, -0.1) is 0 Å². The SMILES string of the molecule is O=C(O)[C@@]12CCC[C@H]1CN(Cc1cc3c(cc1OC(F)F)OCO3)C2. The normalized spacial score (nSPS) is 27.7. The Morgan fingerprint density at radius 3 is 2.84 bits per heavy atom. The van der Waals surface area contributed by atoms with Crippen molar-refractivity contribution >= 4 is 5.97 Å². The number of likely N-dealkylation sites (tertiary alicyclic amines) is 1. The fraction of sp³-hybridized carbons (Fsp3) is 0.588. The van der Waals surface area contributed by atoms with Gasteiger partial charge in [-0.1, -0.05) is 6.42 Å². The molecule has 8 heteroatoms. The molecule has 6 nitrogen and oxygen atoms in total. The zero-order valence-corrected chi connectivity index (χ0v) is 13.5. The van der Waals surface area contributed by atoms with E-state index in [0.29, 0.717) is 43.1 Å². The Morgan fingerprint density at radius 1 is 1.40 bits per heavy atom. The summed E-state index contributed by atoms with van der Waals surface area (Å²) in [6.07, 6.45) is 2.49. The maximum Gasteiger partial charge on any atom is 0.387 e. The number of rotatable bonds is 5. The van der Waals surface area contributed by atoms with Crippen molar-refractivity contribution in [3.05, 3.63) is 17.7 Å². The summed E-state index contributed by atoms with van der Waals surface area (Å²) in [7, 11) is 0. The maximum absolute atomic E-state index is 12.7. The molecule has 4 rings (SSSR count). The Hall–Kier alpha value is -2.09. The molecule has 1 saturated heterocycles. The predicted octanol–water partition coefficient (Wildman–Crippen LogP) is 2.70. The Bertz CT molecular complexity index is 698. The van der Waals surface area contributed by atoms with Crippen LogP contribution in [0.5, 0.6) is 17.2 Å². The summed E-state index contributed by atoms with van der Waals surface area (Å²) in [6, 6.07) is 3.05. The molecule has 0 aromatic heterocycles. The molecule has 1 aromatic rings. The predicted molar refractivity (Wildman–Crippen MR) is 81.9 cm³/mol. The zero-order chi connectivity index (χ0) is 17.6. The second kappa shape index (κ2) is 6.01. The number of aliphatic carboxylic acids is 1. The average Bonchev–Trinajstić information content (AvgIpc) is 3.20. The summed E-state index contributed by atoms with van der Waals surface area (Å²) < 4.78 is 40.6. The minimum atomic E-state index is -2.94. The highest BCUT2D eigenvalue weighted by Gasteiger charge is 2.54. The Kier molecular flexibility index (Phi) is 3.94. The van der Waals surface area contributed by atoms with Gasteiger partial charge < -0.3 is 19.3 Å². The van der Waals surface area contributed by atoms with Crippen LogP contribution in [0.25, 0.3) is 0 Å². The largest absolute Gasteiger partial charge is 0.481 e. The number of hydrogen-bond acceptors (Lipinski definition) is 5. The Balaban J connectivity index is 1.58. The summed E-state index contributed by atoms with van der Waals surface area (Å²) in [6.45, 7) is -1.49. The summed E-state index contributed by atoms with van der Waals surface area (Å²) in [5.74, 6) is 0.259. The number of alkyl halides is 2. The van der Waals surface area contributed by atoms with Crippen LogP contribution in [0.15, 0.2) is 12.1 Å². The number of carboxylic acid groups (broad SMARTS) is 1. The van der Waals surface area contributed by atoms with Crippen molar-refractivity contribution in [3.63, 3.8) is 0 Å². The average molecular weight is 355 g/mol. The molecule has 2 aliphatic heterocycles. The minimum absolute atomic E-state index is 0.0423. The summed E-state index contributed by atoms with van der Waals surface area (Å²) in [4.78, 5) is 13.8. The number of ether oxygens (including phenoxy) is 3. The number of benzene rings is 1. The van der Waals surface area contributed by atoms with E-state index in [1.54, 1.807) is 6.07 Å². The van der Waals surface area contributed by atoms with Crippen LogP contribution in [0.1, 0.15) is 24.8 Å². The molecule has 0 radical (unpaired) electrons. The molecule has 136 valence electrons. The van der Waals surface area contributed by atoms with Crippen LogP contribution in [-0.2, 0) is 11.3 Å². The van der Waals surface area contributed by atoms with Gasteiger partial charge in [0, 0.05) is 31.3 Å². The van der Waals surface area contributed by atoms with E-state index in [1.807, 2.05) is 4.90 Å². The molecule has 1 N–H and O–H groups in total. The molecule has 2 atom stereocenters. The van der Waals surface area contributed by atoms with Crippen molar-refractivity contribution in [1.29, 1.82) is 0 Å². The molecule has 2 heterocycles. The second-order valence-electron chi connectivity index (χ2n) is 6.91. The van der Waals surface area contributed by atoms with Crippen LogP contribution < -0.4 is 14.2 Å². The van der Waals surface area contributed by atoms with E-state index in [2.05, 4.69) is 4.74 Å². The molecule has 1 aliphatic carbocycles. The number of hydrogen-bond donors (Lipinski definition) is 1. The number of carbonyl (C=O) groups is 1. The minimum Gasteiger partial charge on any atom is -0.481 e. The molecule has 25 heavy (non-hydrogen) atoms. The zero-order valence-electron chi connectivity index (χ0n) is 13.5. The first-order valence-corrected chi connectivity index (χ1v) is 8.31. The number of carboxylic acids is 1. The van der Waals surface area contributed by atoms with Crippen LogP contribution in [0, 0.1) is 11.3 Å². The number of halogens is 2. The van der Waals surface area contributed by atoms with Gasteiger partial charge in [-0.2, -0.15) is 8.78 Å². The van der Waals surface area contributed by atoms with Gasteiger partial charge in [0.15, 0.2) is 11.5 Å². The lowest BCUT2D eigenvalue weighted by atomic mass is 9.81. The van der Waals surface area contributed by atoms with E-state index < -0.39 is 18.0 Å². The van der Waals surface area contributed by atoms with E-state index in [4.69, 9.17) is 9.47 Å². The molecule has 0 amide bonds. The lowest BCUT2D eigenvalue weighted by molar-refractivity contribution is -0.149. The van der Waals surface area contributed by atoms with Gasteiger partial charge in [0.25, 0.3) is 0 Å². The monoisotopic (exact) mass is 355 g/mol. The van der Waals surface area contributed by atoms with Crippen molar-refractivity contribution < 1.29 is 32.9 Å². The third kappa shape index (κ3) is 2.78. The fourth-order valence-electron chi connectivity index (χ4n) is 4.40. The molecular weight excluding hydrogens is 336 g/mol. The third-order valence-electron chi connectivity index (χ3n) is 5.53. The van der Waals surface area contributed by atoms with Crippen molar-refractivity contribution in [2.75, 3.05) is 19.9 Å². The second-order valence-corrected chi connectivity index (χ2v) is 6.91. The van der Waals surface area contributed by atoms with Crippen LogP contribution in [0.2, 0.25) is 0 Å². The third-order valence-corrected chi connectivity index (χ3v) is 5.53. The van der Waals surface area contributed by atoms with Gasteiger partial charge in [-0.25, -0.2) is 0 Å². The smallest absolute Gasteiger partial charge is 0.387 e. The molecule has 1 saturated carbocycles. The first-order chi connectivity index (χ1) is 12.0. The fourth-order valence-corrected chi connectivity index (χ4v) is 4.40. The Morgan fingerprint density at radius 2 is 2.16 bits per heavy atom. The first-order valence-electron chi connectivity index (χ1n) is 8.31. The van der Waals surface area contributed by atoms with E-state index >= 15 is 0 Å². The van der Waals surface area contributed by atoms with Crippen LogP contribution in [0.4, 0.5) is 8.78 Å². The van der Waals surface area contributed by atoms with E-state index in [1.165, 1.54) is 6.07 Å². The first kappa shape index (κ1) is 16.4. The van der Waals surface area contributed by atoms with Gasteiger partial charge >= 0.3 is 12.6 Å². The van der Waals surface area contributed by atoms with Crippen LogP contribution in [0.3, 0.4) is 0 Å². The quantitative estimate of drug-likeness (QED) is 0.876. The van der Waals surface area contributed by atoms with Crippen molar-refractivity contribution in [3.8, 4) is 17.2 Å². The van der Waals surface area contributed by atoms with Gasteiger partial charge in [0.1, 0.15) is 5.75 Å². The van der Waals surface area contributed by atoms with Gasteiger partial charge in [-0.05, 0) is 24.8 Å². The maximum atomic E-state index is 12.7. The standard InChI is InChI=1S/C17H19F2NO5/c18-16(19)25-12-5-14-13(23-9-24-14)4-10(12)6-20-7-11-2-1-3-17(11,8-20)15(21)22/h4-5,11,16H,1-3,6-9H2,(H,21,22)/t11-,17+/m0/s1. The molecule has 0 bridgehead atoms. The lowest BCUT2D eigenvalue weighted by Crippen LogP contribution is -2.35. The summed E-state index contributed by atoms with van der Waals surface area (Å²) >= 11 is 0. The Labute approximate surface area is 143 Å². The highest BCUT2D eigenvalue weighted by atomic mass is 19.3. The molecular formula is C17H19F2NO5. The van der Waals surface area contributed by atoms with Crippen LogP contribution in [-0.4, -0.2) is 42.5 Å². The highest BCUT2D eigenvalue weighted by Crippen LogP contribution is 2.49. The van der Waals surface area contributed by atoms with Gasteiger partial charge in [0.2, 0.25) is 6.79 Å². The van der Waals surface area contributed by atoms with Crippen molar-refractivity contribution in [1.82, 2.24) is 4.90 Å². The molecule has 1 aromatic carbocycles. The molecule has 2 fully saturated rings. The van der Waals surface area contributed by atoms with Crippen molar-refractivity contribution in [2.24, 2.45) is 11.3 Å². The molecule has 3 aliphatic rings. The number of nitrogens with zero attached hydrogens (tertiary/aromatic N) is 1. The topological polar surface area (TPSA) is 68.2 Å². The van der Waals surface area contributed by atoms with E-state index in [9.17, 15) is 18.7 Å². The number of fused-ring (bicyclic) bond motifs is 2. The van der Waals surface area contributed by atoms with Crippen molar-refractivity contribution in [2.45, 2.75) is 32.4 Å².